The van der Waals surface area contributed by atoms with Gasteiger partial charge in [0.05, 0.1) is 41.9 Å². The Hall–Kier alpha value is -4.34. The second-order valence-corrected chi connectivity index (χ2v) is 8.38. The lowest BCUT2D eigenvalue weighted by Gasteiger charge is -2.20. The van der Waals surface area contributed by atoms with E-state index in [1.54, 1.807) is 24.3 Å². The van der Waals surface area contributed by atoms with Gasteiger partial charge in [-0.2, -0.15) is 0 Å². The zero-order valence-corrected chi connectivity index (χ0v) is 19.9. The molecule has 1 aromatic heterocycles. The molecule has 0 bridgehead atoms. The first-order valence-electron chi connectivity index (χ1n) is 11.6. The summed E-state index contributed by atoms with van der Waals surface area (Å²) in [6, 6.07) is 12.6. The molecule has 3 aromatic rings. The summed E-state index contributed by atoms with van der Waals surface area (Å²) < 4.78 is 10.1. The van der Waals surface area contributed by atoms with E-state index < -0.39 is 41.1 Å². The summed E-state index contributed by atoms with van der Waals surface area (Å²) in [5, 5.41) is 0. The highest BCUT2D eigenvalue weighted by Gasteiger charge is 2.48. The number of H-pyrrole nitrogens is 1. The Balaban J connectivity index is 1.63. The maximum atomic E-state index is 13.4. The molecule has 1 aliphatic rings. The number of fused-ring (bicyclic) bond motifs is 1. The van der Waals surface area contributed by atoms with Crippen molar-refractivity contribution in [3.63, 3.8) is 0 Å². The number of esters is 2. The number of ether oxygens (including phenoxy) is 2. The predicted octanol–water partition coefficient (Wildman–Crippen LogP) is 2.72. The van der Waals surface area contributed by atoms with Crippen LogP contribution in [0.2, 0.25) is 0 Å². The number of carbonyl (C=O) groups excluding carboxylic acids is 4. The molecule has 10 heteroatoms. The molecule has 2 amide bonds. The Morgan fingerprint density at radius 1 is 1.11 bits per heavy atom. The van der Waals surface area contributed by atoms with Gasteiger partial charge in [0, 0.05) is 6.42 Å². The third kappa shape index (κ3) is 4.74. The maximum absolute atomic E-state index is 13.4. The molecule has 1 N–H and O–H groups in total. The Kier molecular flexibility index (Phi) is 7.23. The predicted molar refractivity (Wildman–Crippen MR) is 129 cm³/mol. The number of nitrogens with one attached hydrogen (secondary N) is 1. The molecule has 2 unspecified atom stereocenters. The van der Waals surface area contributed by atoms with Crippen LogP contribution in [0, 0.1) is 5.92 Å². The quantitative estimate of drug-likeness (QED) is 0.289. The average Bonchev–Trinajstić information content (AvgIpc) is 3.17. The van der Waals surface area contributed by atoms with Crippen LogP contribution in [0.25, 0.3) is 11.0 Å². The van der Waals surface area contributed by atoms with Crippen molar-refractivity contribution in [1.82, 2.24) is 9.97 Å². The van der Waals surface area contributed by atoms with Crippen molar-refractivity contribution in [2.75, 3.05) is 18.6 Å². The number of carbonyl (C=O) groups is 4. The number of unbranched alkanes of at least 4 members (excludes halogenated alkanes) is 1. The van der Waals surface area contributed by atoms with Crippen LogP contribution in [-0.2, 0) is 23.9 Å². The number of hydrogen-bond donors (Lipinski definition) is 1. The highest BCUT2D eigenvalue weighted by molar-refractivity contribution is 6.22. The fourth-order valence-electron chi connectivity index (χ4n) is 4.17. The molecular formula is C26H25N3O7. The van der Waals surface area contributed by atoms with E-state index in [2.05, 4.69) is 9.97 Å². The van der Waals surface area contributed by atoms with Gasteiger partial charge in [-0.05, 0) is 42.8 Å². The minimum absolute atomic E-state index is 0.196. The standard InChI is InChI=1S/C26H25N3O7/c1-3-4-13-36-25(33)15-9-11-16(12-10-15)29-20(30)14-17(24(29)32)21(26(34)35-2)22-23(31)28-19-8-6-5-7-18(19)27-22/h5-12,17,21H,3-4,13-14H2,1-2H3,(H,28,31). The van der Waals surface area contributed by atoms with Gasteiger partial charge in [0.15, 0.2) is 0 Å². The van der Waals surface area contributed by atoms with Gasteiger partial charge >= 0.3 is 11.9 Å². The first-order valence-corrected chi connectivity index (χ1v) is 11.6. The minimum atomic E-state index is -1.38. The van der Waals surface area contributed by atoms with Gasteiger partial charge in [-0.15, -0.1) is 0 Å². The SMILES string of the molecule is CCCCOC(=O)c1ccc(N2C(=O)CC(C(C(=O)OC)c3nc4ccccc4[nH]c3=O)C2=O)cc1. The number of amides is 2. The molecule has 4 rings (SSSR count). The van der Waals surface area contributed by atoms with E-state index in [4.69, 9.17) is 9.47 Å². The van der Waals surface area contributed by atoms with Crippen molar-refractivity contribution < 1.29 is 28.7 Å². The van der Waals surface area contributed by atoms with Crippen LogP contribution in [0.15, 0.2) is 53.3 Å². The lowest BCUT2D eigenvalue weighted by atomic mass is 9.88. The fraction of sp³-hybridized carbons (Fsp3) is 0.308. The van der Waals surface area contributed by atoms with E-state index in [0.717, 1.165) is 24.9 Å². The van der Waals surface area contributed by atoms with Gasteiger partial charge in [-0.1, -0.05) is 25.5 Å². The molecule has 10 nitrogen and oxygen atoms in total. The van der Waals surface area contributed by atoms with Crippen molar-refractivity contribution in [3.05, 3.63) is 70.1 Å². The zero-order chi connectivity index (χ0) is 25.8. The molecular weight excluding hydrogens is 466 g/mol. The smallest absolute Gasteiger partial charge is 0.338 e. The summed E-state index contributed by atoms with van der Waals surface area (Å²) in [5.41, 5.74) is 0.577. The average molecular weight is 492 g/mol. The second kappa shape index (κ2) is 10.5. The van der Waals surface area contributed by atoms with E-state index in [-0.39, 0.29) is 23.4 Å². The van der Waals surface area contributed by atoms with Crippen LogP contribution in [-0.4, -0.2) is 47.4 Å². The van der Waals surface area contributed by atoms with E-state index in [1.807, 2.05) is 6.92 Å². The Morgan fingerprint density at radius 2 is 1.83 bits per heavy atom. The Bertz CT molecular complexity index is 1380. The van der Waals surface area contributed by atoms with E-state index >= 15 is 0 Å². The molecule has 1 fully saturated rings. The molecule has 2 aromatic carbocycles. The number of aromatic amines is 1. The summed E-state index contributed by atoms with van der Waals surface area (Å²) >= 11 is 0. The first kappa shape index (κ1) is 24.8. The molecule has 0 aliphatic carbocycles. The summed E-state index contributed by atoms with van der Waals surface area (Å²) in [4.78, 5) is 71.9. The lowest BCUT2D eigenvalue weighted by Crippen LogP contribution is -2.36. The third-order valence-electron chi connectivity index (χ3n) is 6.05. The van der Waals surface area contributed by atoms with Gasteiger partial charge in [0.1, 0.15) is 11.6 Å². The molecule has 2 heterocycles. The van der Waals surface area contributed by atoms with Crippen LogP contribution in [0.3, 0.4) is 0 Å². The topological polar surface area (TPSA) is 136 Å². The molecule has 2 atom stereocenters. The molecule has 1 saturated heterocycles. The summed E-state index contributed by atoms with van der Waals surface area (Å²) in [7, 11) is 1.14. The zero-order valence-electron chi connectivity index (χ0n) is 19.9. The van der Waals surface area contributed by atoms with Gasteiger partial charge in [-0.25, -0.2) is 9.78 Å². The molecule has 0 radical (unpaired) electrons. The highest BCUT2D eigenvalue weighted by Crippen LogP contribution is 2.36. The normalized spacial score (nSPS) is 16.3. The third-order valence-corrected chi connectivity index (χ3v) is 6.05. The van der Waals surface area contributed by atoms with Crippen LogP contribution in [0.1, 0.15) is 48.2 Å². The number of rotatable bonds is 8. The van der Waals surface area contributed by atoms with Crippen molar-refractivity contribution in [3.8, 4) is 0 Å². The van der Waals surface area contributed by atoms with E-state index in [9.17, 15) is 24.0 Å². The number of methoxy groups -OCH3 is 1. The summed E-state index contributed by atoms with van der Waals surface area (Å²) in [5.74, 6) is -5.12. The molecule has 0 saturated carbocycles. The van der Waals surface area contributed by atoms with E-state index in [0.29, 0.717) is 17.6 Å². The molecule has 186 valence electrons. The van der Waals surface area contributed by atoms with Crippen molar-refractivity contribution >= 4 is 40.5 Å². The van der Waals surface area contributed by atoms with Crippen molar-refractivity contribution in [1.29, 1.82) is 0 Å². The van der Waals surface area contributed by atoms with Gasteiger partial charge in [0.25, 0.3) is 5.56 Å². The Labute approximate surface area is 206 Å². The monoisotopic (exact) mass is 491 g/mol. The minimum Gasteiger partial charge on any atom is -0.468 e. The van der Waals surface area contributed by atoms with E-state index in [1.165, 1.54) is 24.3 Å². The summed E-state index contributed by atoms with van der Waals surface area (Å²) in [6.45, 7) is 2.29. The number of nitrogens with zero attached hydrogens (tertiary/aromatic N) is 2. The highest BCUT2D eigenvalue weighted by atomic mass is 16.5. The number of aromatic nitrogens is 2. The molecule has 0 spiro atoms. The number of hydrogen-bond acceptors (Lipinski definition) is 8. The van der Waals surface area contributed by atoms with Crippen molar-refractivity contribution in [2.24, 2.45) is 5.92 Å². The fourth-order valence-corrected chi connectivity index (χ4v) is 4.17. The van der Waals surface area contributed by atoms with Crippen LogP contribution < -0.4 is 10.5 Å². The number of anilines is 1. The van der Waals surface area contributed by atoms with Gasteiger partial charge in [-0.3, -0.25) is 24.1 Å². The Morgan fingerprint density at radius 3 is 2.53 bits per heavy atom. The number of imide groups is 1. The maximum Gasteiger partial charge on any atom is 0.338 e. The van der Waals surface area contributed by atoms with Crippen molar-refractivity contribution in [2.45, 2.75) is 32.1 Å². The van der Waals surface area contributed by atoms with Crippen LogP contribution >= 0.6 is 0 Å². The van der Waals surface area contributed by atoms with Crippen LogP contribution in [0.5, 0.6) is 0 Å². The lowest BCUT2D eigenvalue weighted by molar-refractivity contribution is -0.145. The number of benzene rings is 2. The number of para-hydroxylation sites is 2. The van der Waals surface area contributed by atoms with Gasteiger partial charge in [0.2, 0.25) is 11.8 Å². The summed E-state index contributed by atoms with van der Waals surface area (Å²) in [6.07, 6.45) is 1.32. The second-order valence-electron chi connectivity index (χ2n) is 8.38. The largest absolute Gasteiger partial charge is 0.468 e. The van der Waals surface area contributed by atoms with Gasteiger partial charge < -0.3 is 14.5 Å². The van der Waals surface area contributed by atoms with Crippen LogP contribution in [0.4, 0.5) is 5.69 Å². The molecule has 1 aliphatic heterocycles. The first-order chi connectivity index (χ1) is 17.3. The molecule has 36 heavy (non-hydrogen) atoms.